The second kappa shape index (κ2) is 9.34. The van der Waals surface area contributed by atoms with Crippen molar-refractivity contribution in [3.05, 3.63) is 71.8 Å². The Morgan fingerprint density at radius 2 is 1.00 bits per heavy atom. The van der Waals surface area contributed by atoms with Gasteiger partial charge in [-0.1, -0.05) is 41.5 Å². The van der Waals surface area contributed by atoms with E-state index in [0.29, 0.717) is 11.5 Å². The minimum atomic E-state index is -3.65. The Morgan fingerprint density at radius 1 is 0.588 bits per heavy atom. The largest absolute Gasteiger partial charge is 0.497 e. The molecule has 34 heavy (non-hydrogen) atoms. The van der Waals surface area contributed by atoms with E-state index in [9.17, 15) is 8.42 Å². The second-order valence-electron chi connectivity index (χ2n) is 10.3. The third-order valence-electron chi connectivity index (χ3n) is 5.65. The summed E-state index contributed by atoms with van der Waals surface area (Å²) in [5.74, 6) is 2.71. The van der Waals surface area contributed by atoms with Gasteiger partial charge in [0.1, 0.15) is 23.0 Å². The van der Waals surface area contributed by atoms with Gasteiger partial charge in [-0.15, -0.1) is 0 Å². The van der Waals surface area contributed by atoms with Crippen LogP contribution in [0.4, 0.5) is 0 Å². The lowest BCUT2D eigenvalue weighted by Crippen LogP contribution is -2.17. The highest BCUT2D eigenvalue weighted by Gasteiger charge is 2.27. The van der Waals surface area contributed by atoms with Crippen molar-refractivity contribution >= 4 is 9.84 Å². The highest BCUT2D eigenvalue weighted by molar-refractivity contribution is 7.91. The van der Waals surface area contributed by atoms with E-state index in [0.717, 1.165) is 22.6 Å². The van der Waals surface area contributed by atoms with Crippen LogP contribution in [-0.4, -0.2) is 22.6 Å². The Bertz CT molecular complexity index is 1240. The molecule has 0 N–H and O–H groups in total. The van der Waals surface area contributed by atoms with Crippen LogP contribution in [0.3, 0.4) is 0 Å². The zero-order valence-electron chi connectivity index (χ0n) is 21.2. The molecule has 0 saturated carbocycles. The number of benzene rings is 3. The summed E-state index contributed by atoms with van der Waals surface area (Å²) in [5, 5.41) is 0. The van der Waals surface area contributed by atoms with Gasteiger partial charge in [0.05, 0.1) is 24.0 Å². The molecule has 0 bridgehead atoms. The van der Waals surface area contributed by atoms with Gasteiger partial charge in [0, 0.05) is 11.1 Å². The van der Waals surface area contributed by atoms with E-state index in [-0.39, 0.29) is 20.6 Å². The highest BCUT2D eigenvalue weighted by Crippen LogP contribution is 2.42. The van der Waals surface area contributed by atoms with Crippen LogP contribution in [0.15, 0.2) is 70.5 Å². The van der Waals surface area contributed by atoms with Gasteiger partial charge in [-0.25, -0.2) is 8.42 Å². The molecule has 0 aliphatic heterocycles. The van der Waals surface area contributed by atoms with E-state index in [2.05, 4.69) is 41.5 Å². The fourth-order valence-corrected chi connectivity index (χ4v) is 4.95. The Balaban J connectivity index is 1.98. The first-order chi connectivity index (χ1) is 15.8. The summed E-state index contributed by atoms with van der Waals surface area (Å²) >= 11 is 0. The van der Waals surface area contributed by atoms with Gasteiger partial charge in [-0.05, 0) is 71.5 Å². The maximum absolute atomic E-state index is 13.0. The normalized spacial score (nSPS) is 12.4. The summed E-state index contributed by atoms with van der Waals surface area (Å²) in [4.78, 5) is 0.410. The van der Waals surface area contributed by atoms with Crippen LogP contribution in [0.5, 0.6) is 23.0 Å². The molecule has 182 valence electrons. The molecule has 0 unspecified atom stereocenters. The first kappa shape index (κ1) is 25.6. The minimum absolute atomic E-state index is 0.143. The van der Waals surface area contributed by atoms with Gasteiger partial charge in [0.25, 0.3) is 0 Å². The topological polar surface area (TPSA) is 61.8 Å². The molecule has 0 saturated heterocycles. The molecular formula is C28H34O5S. The maximum Gasteiger partial charge on any atom is 0.206 e. The molecule has 0 aliphatic rings. The summed E-state index contributed by atoms with van der Waals surface area (Å²) in [6.45, 7) is 12.8. The number of ether oxygens (including phenoxy) is 3. The van der Waals surface area contributed by atoms with Crippen molar-refractivity contribution < 1.29 is 22.6 Å². The van der Waals surface area contributed by atoms with Crippen LogP contribution >= 0.6 is 0 Å². The van der Waals surface area contributed by atoms with Crippen LogP contribution < -0.4 is 14.2 Å². The standard InChI is InChI=1S/C28H34O5S/c1-27(2,3)23-18-26(24(28(4,5)6)17-25(23)32-8)33-20-11-15-22(16-12-20)34(29,30)21-13-9-19(31-7)10-14-21/h9-18H,1-8H3. The number of hydrogen-bond acceptors (Lipinski definition) is 5. The number of methoxy groups -OCH3 is 2. The molecule has 5 nitrogen and oxygen atoms in total. The van der Waals surface area contributed by atoms with Gasteiger partial charge in [-0.2, -0.15) is 0 Å². The lowest BCUT2D eigenvalue weighted by Gasteiger charge is -2.28. The van der Waals surface area contributed by atoms with Crippen LogP contribution in [0, 0.1) is 0 Å². The molecule has 3 aromatic rings. The van der Waals surface area contributed by atoms with Crippen molar-refractivity contribution in [2.45, 2.75) is 62.2 Å². The van der Waals surface area contributed by atoms with Gasteiger partial charge in [0.15, 0.2) is 0 Å². The van der Waals surface area contributed by atoms with Crippen LogP contribution in [0.25, 0.3) is 0 Å². The number of rotatable bonds is 6. The average molecular weight is 483 g/mol. The van der Waals surface area contributed by atoms with E-state index in [1.165, 1.54) is 0 Å². The monoisotopic (exact) mass is 482 g/mol. The zero-order valence-corrected chi connectivity index (χ0v) is 22.0. The number of hydrogen-bond donors (Lipinski definition) is 0. The van der Waals surface area contributed by atoms with E-state index in [1.807, 2.05) is 12.1 Å². The summed E-state index contributed by atoms with van der Waals surface area (Å²) in [6, 6.07) is 16.9. The summed E-state index contributed by atoms with van der Waals surface area (Å²) in [6.07, 6.45) is 0. The van der Waals surface area contributed by atoms with Crippen molar-refractivity contribution in [3.63, 3.8) is 0 Å². The molecular weight excluding hydrogens is 448 g/mol. The van der Waals surface area contributed by atoms with Crippen molar-refractivity contribution in [2.75, 3.05) is 14.2 Å². The fraction of sp³-hybridized carbons (Fsp3) is 0.357. The quantitative estimate of drug-likeness (QED) is 0.381. The van der Waals surface area contributed by atoms with Gasteiger partial charge in [0.2, 0.25) is 9.84 Å². The second-order valence-corrected chi connectivity index (χ2v) is 12.3. The van der Waals surface area contributed by atoms with E-state index in [1.54, 1.807) is 62.8 Å². The predicted octanol–water partition coefficient (Wildman–Crippen LogP) is 6.92. The van der Waals surface area contributed by atoms with Crippen molar-refractivity contribution in [3.8, 4) is 23.0 Å². The molecule has 0 spiro atoms. The van der Waals surface area contributed by atoms with Gasteiger partial charge < -0.3 is 14.2 Å². The summed E-state index contributed by atoms with van der Waals surface area (Å²) < 4.78 is 43.2. The van der Waals surface area contributed by atoms with Crippen LogP contribution in [0.2, 0.25) is 0 Å². The van der Waals surface area contributed by atoms with Gasteiger partial charge in [-0.3, -0.25) is 0 Å². The van der Waals surface area contributed by atoms with E-state index < -0.39 is 9.84 Å². The molecule has 3 rings (SSSR count). The van der Waals surface area contributed by atoms with Crippen LogP contribution in [-0.2, 0) is 20.7 Å². The third kappa shape index (κ3) is 5.39. The first-order valence-corrected chi connectivity index (χ1v) is 12.7. The van der Waals surface area contributed by atoms with Gasteiger partial charge >= 0.3 is 0 Å². The fourth-order valence-electron chi connectivity index (χ4n) is 3.69. The SMILES string of the molecule is COc1ccc(S(=O)(=O)c2ccc(Oc3cc(C(C)(C)C)c(OC)cc3C(C)(C)C)cc2)cc1. The molecule has 0 aromatic heterocycles. The average Bonchev–Trinajstić information content (AvgIpc) is 2.78. The third-order valence-corrected chi connectivity index (χ3v) is 7.43. The first-order valence-electron chi connectivity index (χ1n) is 11.2. The predicted molar refractivity (Wildman–Crippen MR) is 135 cm³/mol. The molecule has 0 heterocycles. The Hall–Kier alpha value is -2.99. The van der Waals surface area contributed by atoms with Crippen molar-refractivity contribution in [1.29, 1.82) is 0 Å². The molecule has 0 atom stereocenters. The smallest absolute Gasteiger partial charge is 0.206 e. The maximum atomic E-state index is 13.0. The lowest BCUT2D eigenvalue weighted by atomic mass is 9.81. The Morgan fingerprint density at radius 3 is 1.41 bits per heavy atom. The minimum Gasteiger partial charge on any atom is -0.497 e. The molecule has 0 aliphatic carbocycles. The molecule has 0 fully saturated rings. The number of sulfone groups is 1. The van der Waals surface area contributed by atoms with E-state index in [4.69, 9.17) is 14.2 Å². The summed E-state index contributed by atoms with van der Waals surface area (Å²) in [7, 11) is -0.425. The molecule has 0 radical (unpaired) electrons. The zero-order chi connectivity index (χ0) is 25.3. The molecule has 3 aromatic carbocycles. The Kier molecular flexibility index (Phi) is 7.04. The Labute approximate surface area is 203 Å². The van der Waals surface area contributed by atoms with Crippen LogP contribution in [0.1, 0.15) is 52.7 Å². The van der Waals surface area contributed by atoms with Crippen molar-refractivity contribution in [2.24, 2.45) is 0 Å². The summed E-state index contributed by atoms with van der Waals surface area (Å²) in [5.41, 5.74) is 1.72. The highest BCUT2D eigenvalue weighted by atomic mass is 32.2. The molecule has 6 heteroatoms. The molecule has 0 amide bonds. The van der Waals surface area contributed by atoms with E-state index >= 15 is 0 Å². The van der Waals surface area contributed by atoms with Crippen molar-refractivity contribution in [1.82, 2.24) is 0 Å². The lowest BCUT2D eigenvalue weighted by molar-refractivity contribution is 0.389.